The quantitative estimate of drug-likeness (QED) is 0.553. The van der Waals surface area contributed by atoms with Crippen molar-refractivity contribution in [3.05, 3.63) is 71.4 Å². The lowest BCUT2D eigenvalue weighted by atomic mass is 9.98. The third kappa shape index (κ3) is 4.50. The molecule has 1 aliphatic carbocycles. The van der Waals surface area contributed by atoms with Crippen LogP contribution in [-0.2, 0) is 16.6 Å². The molecule has 34 heavy (non-hydrogen) atoms. The van der Waals surface area contributed by atoms with Crippen molar-refractivity contribution in [1.82, 2.24) is 14.7 Å². The zero-order valence-electron chi connectivity index (χ0n) is 19.2. The van der Waals surface area contributed by atoms with Crippen LogP contribution >= 0.6 is 0 Å². The van der Waals surface area contributed by atoms with Crippen LogP contribution in [0.1, 0.15) is 41.4 Å². The molecule has 0 atom stereocenters. The first-order chi connectivity index (χ1) is 16.3. The zero-order chi connectivity index (χ0) is 24.4. The van der Waals surface area contributed by atoms with Gasteiger partial charge in [0.15, 0.2) is 5.69 Å². The second-order valence-electron chi connectivity index (χ2n) is 8.41. The van der Waals surface area contributed by atoms with Crippen molar-refractivity contribution in [2.24, 2.45) is 7.05 Å². The fraction of sp³-hybridized carbons (Fsp3) is 0.280. The molecule has 3 aromatic rings. The number of aryl methyl sites for hydroxylation is 1. The van der Waals surface area contributed by atoms with Crippen LogP contribution in [0.4, 0.5) is 10.6 Å². The predicted molar refractivity (Wildman–Crippen MR) is 126 cm³/mol. The Morgan fingerprint density at radius 2 is 1.68 bits per heavy atom. The van der Waals surface area contributed by atoms with E-state index in [1.165, 1.54) is 15.6 Å². The van der Waals surface area contributed by atoms with Gasteiger partial charge in [-0.25, -0.2) is 4.79 Å². The van der Waals surface area contributed by atoms with Gasteiger partial charge in [-0.05, 0) is 36.1 Å². The second-order valence-corrected chi connectivity index (χ2v) is 8.41. The molecule has 0 unspecified atom stereocenters. The predicted octanol–water partition coefficient (Wildman–Crippen LogP) is 3.72. The molecular weight excluding hydrogens is 436 g/mol. The number of fused-ring (bicyclic) bond motifs is 3. The molecule has 0 aliphatic heterocycles. The molecule has 176 valence electrons. The van der Waals surface area contributed by atoms with Crippen molar-refractivity contribution in [3.8, 4) is 11.1 Å². The summed E-state index contributed by atoms with van der Waals surface area (Å²) in [6, 6.07) is 17.2. The van der Waals surface area contributed by atoms with Gasteiger partial charge in [0.05, 0.1) is 0 Å². The Hall–Kier alpha value is -4.14. The van der Waals surface area contributed by atoms with E-state index in [4.69, 9.17) is 9.84 Å². The number of ether oxygens (including phenoxy) is 1. The molecule has 0 spiro atoms. The van der Waals surface area contributed by atoms with Crippen LogP contribution in [0.3, 0.4) is 0 Å². The molecule has 9 nitrogen and oxygen atoms in total. The van der Waals surface area contributed by atoms with Gasteiger partial charge in [-0.1, -0.05) is 48.5 Å². The number of amides is 2. The Balaban J connectivity index is 1.44. The first kappa shape index (κ1) is 23.0. The number of anilines is 1. The largest absolute Gasteiger partial charge is 0.480 e. The van der Waals surface area contributed by atoms with E-state index in [-0.39, 0.29) is 30.1 Å². The van der Waals surface area contributed by atoms with E-state index in [0.29, 0.717) is 0 Å². The van der Waals surface area contributed by atoms with Gasteiger partial charge >= 0.3 is 12.1 Å². The maximum Gasteiger partial charge on any atom is 0.412 e. The summed E-state index contributed by atoms with van der Waals surface area (Å²) < 4.78 is 6.88. The normalized spacial score (nSPS) is 12.2. The van der Waals surface area contributed by atoms with Gasteiger partial charge in [-0.3, -0.25) is 19.6 Å². The SMILES string of the molecule is CC(C)N(CC(=O)O)C(=O)c1cc(NC(=O)OCC2c3ccccc3-c3ccccc32)n(C)n1. The van der Waals surface area contributed by atoms with Crippen molar-refractivity contribution in [2.45, 2.75) is 25.8 Å². The van der Waals surface area contributed by atoms with E-state index >= 15 is 0 Å². The highest BCUT2D eigenvalue weighted by atomic mass is 16.5. The summed E-state index contributed by atoms with van der Waals surface area (Å²) in [5.74, 6) is -1.46. The highest BCUT2D eigenvalue weighted by Crippen LogP contribution is 2.44. The first-order valence-corrected chi connectivity index (χ1v) is 10.9. The Bertz CT molecular complexity index is 1200. The van der Waals surface area contributed by atoms with E-state index in [9.17, 15) is 14.4 Å². The lowest BCUT2D eigenvalue weighted by molar-refractivity contribution is -0.138. The number of benzene rings is 2. The van der Waals surface area contributed by atoms with Gasteiger partial charge < -0.3 is 14.7 Å². The van der Waals surface area contributed by atoms with Gasteiger partial charge in [-0.2, -0.15) is 5.10 Å². The molecule has 0 saturated carbocycles. The molecule has 1 heterocycles. The lowest BCUT2D eigenvalue weighted by Gasteiger charge is -2.23. The fourth-order valence-corrected chi connectivity index (χ4v) is 4.21. The molecule has 0 saturated heterocycles. The summed E-state index contributed by atoms with van der Waals surface area (Å²) >= 11 is 0. The molecule has 2 amide bonds. The standard InChI is InChI=1S/C25H26N4O5/c1-15(2)29(13-23(30)31)24(32)21-12-22(28(3)27-21)26-25(33)34-14-20-18-10-6-4-8-16(18)17-9-5-7-11-19(17)20/h4-12,15,20H,13-14H2,1-3H3,(H,26,33)(H,30,31). The van der Waals surface area contributed by atoms with E-state index in [2.05, 4.69) is 22.5 Å². The molecule has 1 aliphatic rings. The van der Waals surface area contributed by atoms with Crippen LogP contribution in [-0.4, -0.2) is 57.0 Å². The molecule has 0 radical (unpaired) electrons. The maximum absolute atomic E-state index is 12.7. The zero-order valence-corrected chi connectivity index (χ0v) is 19.2. The number of carbonyl (C=O) groups excluding carboxylic acids is 2. The van der Waals surface area contributed by atoms with Crippen LogP contribution in [0.15, 0.2) is 54.6 Å². The minimum atomic E-state index is -1.12. The average molecular weight is 463 g/mol. The highest BCUT2D eigenvalue weighted by molar-refractivity contribution is 5.96. The summed E-state index contributed by atoms with van der Waals surface area (Å²) in [5.41, 5.74) is 4.52. The van der Waals surface area contributed by atoms with Crippen molar-refractivity contribution < 1.29 is 24.2 Å². The first-order valence-electron chi connectivity index (χ1n) is 10.9. The highest BCUT2D eigenvalue weighted by Gasteiger charge is 2.29. The van der Waals surface area contributed by atoms with E-state index in [1.807, 2.05) is 36.4 Å². The third-order valence-corrected chi connectivity index (χ3v) is 5.86. The number of rotatable bonds is 7. The van der Waals surface area contributed by atoms with Gasteiger partial charge in [0.2, 0.25) is 0 Å². The van der Waals surface area contributed by atoms with Crippen molar-refractivity contribution >= 4 is 23.8 Å². The summed E-state index contributed by atoms with van der Waals surface area (Å²) in [6.45, 7) is 3.16. The molecule has 2 N–H and O–H groups in total. The number of hydrogen-bond donors (Lipinski definition) is 2. The van der Waals surface area contributed by atoms with E-state index in [0.717, 1.165) is 22.3 Å². The summed E-state index contributed by atoms with van der Waals surface area (Å²) in [5, 5.41) is 15.8. The second kappa shape index (κ2) is 9.38. The molecule has 0 fully saturated rings. The van der Waals surface area contributed by atoms with Crippen molar-refractivity contribution in [1.29, 1.82) is 0 Å². The Kier molecular flexibility index (Phi) is 6.36. The van der Waals surface area contributed by atoms with Gasteiger partial charge in [0.1, 0.15) is 19.0 Å². The van der Waals surface area contributed by atoms with Crippen LogP contribution in [0.2, 0.25) is 0 Å². The minimum Gasteiger partial charge on any atom is -0.480 e. The van der Waals surface area contributed by atoms with E-state index in [1.54, 1.807) is 20.9 Å². The van der Waals surface area contributed by atoms with Crippen LogP contribution in [0, 0.1) is 0 Å². The Labute approximate surface area is 196 Å². The lowest BCUT2D eigenvalue weighted by Crippen LogP contribution is -2.40. The maximum atomic E-state index is 12.7. The molecule has 4 rings (SSSR count). The molecule has 2 aromatic carbocycles. The summed E-state index contributed by atoms with van der Waals surface area (Å²) in [6.07, 6.45) is -0.671. The molecule has 9 heteroatoms. The number of nitrogens with one attached hydrogen (secondary N) is 1. The minimum absolute atomic E-state index is 0.0337. The molecular formula is C25H26N4O5. The van der Waals surface area contributed by atoms with E-state index < -0.39 is 24.5 Å². The Morgan fingerprint density at radius 3 is 2.24 bits per heavy atom. The topological polar surface area (TPSA) is 114 Å². The van der Waals surface area contributed by atoms with Crippen molar-refractivity contribution in [3.63, 3.8) is 0 Å². The number of aliphatic carboxylic acids is 1. The Morgan fingerprint density at radius 1 is 1.09 bits per heavy atom. The van der Waals surface area contributed by atoms with Crippen LogP contribution < -0.4 is 5.32 Å². The number of hydrogen-bond acceptors (Lipinski definition) is 5. The number of aromatic nitrogens is 2. The molecule has 1 aromatic heterocycles. The number of nitrogens with zero attached hydrogens (tertiary/aromatic N) is 3. The smallest absolute Gasteiger partial charge is 0.412 e. The van der Waals surface area contributed by atoms with Gasteiger partial charge in [0, 0.05) is 25.1 Å². The number of carboxylic acid groups (broad SMARTS) is 1. The third-order valence-electron chi connectivity index (χ3n) is 5.86. The van der Waals surface area contributed by atoms with Crippen molar-refractivity contribution in [2.75, 3.05) is 18.5 Å². The summed E-state index contributed by atoms with van der Waals surface area (Å²) in [7, 11) is 1.58. The van der Waals surface area contributed by atoms with Crippen LogP contribution in [0.25, 0.3) is 11.1 Å². The molecule has 0 bridgehead atoms. The number of carbonyl (C=O) groups is 3. The fourth-order valence-electron chi connectivity index (χ4n) is 4.21. The summed E-state index contributed by atoms with van der Waals surface area (Å²) in [4.78, 5) is 37.6. The monoisotopic (exact) mass is 462 g/mol. The van der Waals surface area contributed by atoms with Crippen LogP contribution in [0.5, 0.6) is 0 Å². The number of carboxylic acids is 1. The average Bonchev–Trinajstić information content (AvgIpc) is 3.33. The van der Waals surface area contributed by atoms with Gasteiger partial charge in [-0.15, -0.1) is 0 Å². The van der Waals surface area contributed by atoms with Gasteiger partial charge in [0.25, 0.3) is 5.91 Å².